The number of anilines is 1. The van der Waals surface area contributed by atoms with Crippen molar-refractivity contribution in [2.24, 2.45) is 0 Å². The Bertz CT molecular complexity index is 771. The van der Waals surface area contributed by atoms with E-state index < -0.39 is 0 Å². The van der Waals surface area contributed by atoms with Gasteiger partial charge >= 0.3 is 0 Å². The number of nitrogen functional groups attached to an aromatic ring is 1. The van der Waals surface area contributed by atoms with Gasteiger partial charge in [-0.05, 0) is 51.0 Å². The molecule has 1 atom stereocenters. The Balaban J connectivity index is 1.82. The molecular weight excluding hydrogens is 332 g/mol. The minimum Gasteiger partial charge on any atom is -0.491 e. The number of ether oxygens (including phenoxy) is 2. The molecule has 2 aromatic rings. The van der Waals surface area contributed by atoms with E-state index in [9.17, 15) is 4.79 Å². The predicted octanol–water partition coefficient (Wildman–Crippen LogP) is 2.34. The number of nitrogens with one attached hydrogen (secondary N) is 1. The number of carbonyl (C=O) groups is 1. The molecule has 7 heteroatoms. The molecule has 0 saturated carbocycles. The minimum atomic E-state index is -0.210. The first-order valence-corrected chi connectivity index (χ1v) is 8.85. The zero-order chi connectivity index (χ0) is 18.5. The van der Waals surface area contributed by atoms with Crippen LogP contribution in [0.15, 0.2) is 24.3 Å². The first kappa shape index (κ1) is 18.1. The van der Waals surface area contributed by atoms with Crippen LogP contribution in [0.2, 0.25) is 0 Å². The molecule has 1 saturated heterocycles. The lowest BCUT2D eigenvalue weighted by atomic mass is 10.0. The standard InChI is InChI=1S/C19H24N4O3/c1-3-21-18(24)16-12(2)22-19(20)23-17(16)13-6-8-14(9-7-13)26-11-15-5-4-10-25-15/h6-9,15H,3-5,10-11H2,1-2H3,(H,21,24)(H2,20,22,23). The van der Waals surface area contributed by atoms with E-state index in [-0.39, 0.29) is 18.0 Å². The molecule has 0 spiro atoms. The fourth-order valence-electron chi connectivity index (χ4n) is 3.00. The highest BCUT2D eigenvalue weighted by atomic mass is 16.5. The molecule has 1 unspecified atom stereocenters. The summed E-state index contributed by atoms with van der Waals surface area (Å²) in [7, 11) is 0. The molecule has 1 fully saturated rings. The topological polar surface area (TPSA) is 99.4 Å². The van der Waals surface area contributed by atoms with E-state index in [1.165, 1.54) is 0 Å². The van der Waals surface area contributed by atoms with Crippen LogP contribution in [0.1, 0.15) is 35.8 Å². The number of aromatic nitrogens is 2. The summed E-state index contributed by atoms with van der Waals surface area (Å²) < 4.78 is 11.3. The van der Waals surface area contributed by atoms with E-state index >= 15 is 0 Å². The average Bonchev–Trinajstić information content (AvgIpc) is 3.13. The molecule has 138 valence electrons. The van der Waals surface area contributed by atoms with Crippen LogP contribution < -0.4 is 15.8 Å². The summed E-state index contributed by atoms with van der Waals surface area (Å²) in [5.74, 6) is 0.686. The van der Waals surface area contributed by atoms with Gasteiger partial charge in [0.25, 0.3) is 5.91 Å². The van der Waals surface area contributed by atoms with Crippen molar-refractivity contribution < 1.29 is 14.3 Å². The second-order valence-corrected chi connectivity index (χ2v) is 6.22. The molecule has 26 heavy (non-hydrogen) atoms. The van der Waals surface area contributed by atoms with Crippen molar-refractivity contribution >= 4 is 11.9 Å². The van der Waals surface area contributed by atoms with Crippen LogP contribution >= 0.6 is 0 Å². The van der Waals surface area contributed by atoms with Crippen molar-refractivity contribution in [2.75, 3.05) is 25.5 Å². The van der Waals surface area contributed by atoms with Gasteiger partial charge in [-0.1, -0.05) is 0 Å². The van der Waals surface area contributed by atoms with E-state index in [0.29, 0.717) is 30.1 Å². The summed E-state index contributed by atoms with van der Waals surface area (Å²) in [6.07, 6.45) is 2.29. The summed E-state index contributed by atoms with van der Waals surface area (Å²) in [4.78, 5) is 20.8. The molecule has 2 heterocycles. The summed E-state index contributed by atoms with van der Waals surface area (Å²) in [6, 6.07) is 7.46. The van der Waals surface area contributed by atoms with E-state index in [0.717, 1.165) is 30.8 Å². The van der Waals surface area contributed by atoms with Crippen molar-refractivity contribution in [3.05, 3.63) is 35.5 Å². The first-order chi connectivity index (χ1) is 12.6. The normalized spacial score (nSPS) is 16.5. The second kappa shape index (κ2) is 8.14. The van der Waals surface area contributed by atoms with Gasteiger partial charge in [0.15, 0.2) is 0 Å². The molecule has 3 rings (SSSR count). The van der Waals surface area contributed by atoms with Crippen molar-refractivity contribution in [1.29, 1.82) is 0 Å². The number of nitrogens with zero attached hydrogens (tertiary/aromatic N) is 2. The van der Waals surface area contributed by atoms with Crippen molar-refractivity contribution in [3.63, 3.8) is 0 Å². The molecule has 3 N–H and O–H groups in total. The van der Waals surface area contributed by atoms with Gasteiger partial charge in [0.05, 0.1) is 23.1 Å². The highest BCUT2D eigenvalue weighted by molar-refractivity contribution is 6.01. The third kappa shape index (κ3) is 4.11. The van der Waals surface area contributed by atoms with Gasteiger partial charge in [0.2, 0.25) is 5.95 Å². The van der Waals surface area contributed by atoms with Crippen LogP contribution in [0.5, 0.6) is 5.75 Å². The number of carbonyl (C=O) groups excluding carboxylic acids is 1. The lowest BCUT2D eigenvalue weighted by Crippen LogP contribution is -2.25. The largest absolute Gasteiger partial charge is 0.491 e. The quantitative estimate of drug-likeness (QED) is 0.824. The Labute approximate surface area is 152 Å². The van der Waals surface area contributed by atoms with E-state index in [2.05, 4.69) is 15.3 Å². The van der Waals surface area contributed by atoms with Gasteiger partial charge in [-0.15, -0.1) is 0 Å². The molecule has 1 aromatic heterocycles. The van der Waals surface area contributed by atoms with E-state index in [4.69, 9.17) is 15.2 Å². The summed E-state index contributed by atoms with van der Waals surface area (Å²) in [5, 5.41) is 2.80. The van der Waals surface area contributed by atoms with E-state index in [1.807, 2.05) is 31.2 Å². The fraction of sp³-hybridized carbons (Fsp3) is 0.421. The molecule has 1 aliphatic heterocycles. The van der Waals surface area contributed by atoms with Crippen LogP contribution in [0.25, 0.3) is 11.3 Å². The third-order valence-electron chi connectivity index (χ3n) is 4.26. The molecule has 0 bridgehead atoms. The number of hydrogen-bond acceptors (Lipinski definition) is 6. The van der Waals surface area contributed by atoms with Gasteiger partial charge in [-0.2, -0.15) is 0 Å². The monoisotopic (exact) mass is 356 g/mol. The van der Waals surface area contributed by atoms with Crippen LogP contribution in [0, 0.1) is 6.92 Å². The summed E-state index contributed by atoms with van der Waals surface area (Å²) in [5.41, 5.74) is 8.09. The SMILES string of the molecule is CCNC(=O)c1c(C)nc(N)nc1-c1ccc(OCC2CCCO2)cc1. The van der Waals surface area contributed by atoms with Gasteiger partial charge in [-0.3, -0.25) is 4.79 Å². The smallest absolute Gasteiger partial charge is 0.255 e. The number of amides is 1. The maximum absolute atomic E-state index is 12.4. The van der Waals surface area contributed by atoms with Crippen molar-refractivity contribution in [3.8, 4) is 17.0 Å². The van der Waals surface area contributed by atoms with Gasteiger partial charge in [-0.25, -0.2) is 9.97 Å². The van der Waals surface area contributed by atoms with Crippen LogP contribution in [-0.2, 0) is 4.74 Å². The zero-order valence-corrected chi connectivity index (χ0v) is 15.1. The number of aryl methyl sites for hydroxylation is 1. The predicted molar refractivity (Wildman–Crippen MR) is 99.1 cm³/mol. The molecular formula is C19H24N4O3. The minimum absolute atomic E-state index is 0.143. The molecule has 0 aliphatic carbocycles. The van der Waals surface area contributed by atoms with Crippen molar-refractivity contribution in [1.82, 2.24) is 15.3 Å². The number of nitrogens with two attached hydrogens (primary N) is 1. The lowest BCUT2D eigenvalue weighted by molar-refractivity contribution is 0.0679. The molecule has 0 radical (unpaired) electrons. The highest BCUT2D eigenvalue weighted by Gasteiger charge is 2.19. The van der Waals surface area contributed by atoms with Crippen molar-refractivity contribution in [2.45, 2.75) is 32.8 Å². The second-order valence-electron chi connectivity index (χ2n) is 6.22. The Morgan fingerprint density at radius 3 is 2.77 bits per heavy atom. The lowest BCUT2D eigenvalue weighted by Gasteiger charge is -2.14. The van der Waals surface area contributed by atoms with E-state index in [1.54, 1.807) is 6.92 Å². The Morgan fingerprint density at radius 2 is 2.12 bits per heavy atom. The Hall–Kier alpha value is -2.67. The number of rotatable bonds is 6. The van der Waals surface area contributed by atoms with Crippen LogP contribution in [-0.4, -0.2) is 41.7 Å². The summed E-state index contributed by atoms with van der Waals surface area (Å²) >= 11 is 0. The number of benzene rings is 1. The van der Waals surface area contributed by atoms with Gasteiger partial charge in [0.1, 0.15) is 12.4 Å². The number of hydrogen-bond donors (Lipinski definition) is 2. The Kier molecular flexibility index (Phi) is 5.68. The maximum Gasteiger partial charge on any atom is 0.255 e. The van der Waals surface area contributed by atoms with Gasteiger partial charge < -0.3 is 20.5 Å². The van der Waals surface area contributed by atoms with Gasteiger partial charge in [0, 0.05) is 18.7 Å². The first-order valence-electron chi connectivity index (χ1n) is 8.85. The molecule has 1 aromatic carbocycles. The molecule has 1 amide bonds. The fourth-order valence-corrected chi connectivity index (χ4v) is 3.00. The van der Waals surface area contributed by atoms with Crippen LogP contribution in [0.3, 0.4) is 0 Å². The highest BCUT2D eigenvalue weighted by Crippen LogP contribution is 2.26. The average molecular weight is 356 g/mol. The zero-order valence-electron chi connectivity index (χ0n) is 15.1. The molecule has 7 nitrogen and oxygen atoms in total. The molecule has 1 aliphatic rings. The third-order valence-corrected chi connectivity index (χ3v) is 4.26. The van der Waals surface area contributed by atoms with Crippen LogP contribution in [0.4, 0.5) is 5.95 Å². The summed E-state index contributed by atoms with van der Waals surface area (Å²) in [6.45, 7) is 5.50. The maximum atomic E-state index is 12.4. The Morgan fingerprint density at radius 1 is 1.35 bits per heavy atom.